The molecule has 8 nitrogen and oxygen atoms in total. The minimum absolute atomic E-state index is 0.0959. The summed E-state index contributed by atoms with van der Waals surface area (Å²) >= 11 is 0. The molecule has 9 heteroatoms. The van der Waals surface area contributed by atoms with Gasteiger partial charge in [-0.05, 0) is 42.4 Å². The van der Waals surface area contributed by atoms with Crippen LogP contribution >= 0.6 is 0 Å². The van der Waals surface area contributed by atoms with E-state index in [9.17, 15) is 23.4 Å². The first-order valence-electron chi connectivity index (χ1n) is 14.1. The molecule has 218 valence electrons. The maximum absolute atomic E-state index is 13.5. The number of nitrogens with one attached hydrogen (secondary N) is 1. The molecule has 3 atom stereocenters. The molecule has 39 heavy (non-hydrogen) atoms. The molecule has 5 N–H and O–H groups in total. The lowest BCUT2D eigenvalue weighted by atomic mass is 10.1. The van der Waals surface area contributed by atoms with Crippen molar-refractivity contribution in [2.24, 2.45) is 5.73 Å². The normalized spacial score (nSPS) is 14.4. The van der Waals surface area contributed by atoms with Gasteiger partial charge in [-0.2, -0.15) is 0 Å². The van der Waals surface area contributed by atoms with E-state index in [2.05, 4.69) is 5.32 Å². The summed E-state index contributed by atoms with van der Waals surface area (Å²) in [4.78, 5) is 14.5. The predicted octanol–water partition coefficient (Wildman–Crippen LogP) is 3.15. The SMILES string of the molecule is CCCC(CCC)S(=O)(=O)CC(NC(=O)CCc1ccccc1)C(O)N(Cc1cccc(CC)c1)C[C@H](N)O. The van der Waals surface area contributed by atoms with E-state index in [4.69, 9.17) is 5.73 Å². The van der Waals surface area contributed by atoms with E-state index in [1.165, 1.54) is 4.90 Å². The van der Waals surface area contributed by atoms with Gasteiger partial charge in [-0.25, -0.2) is 8.42 Å². The summed E-state index contributed by atoms with van der Waals surface area (Å²) in [6.07, 6.45) is 1.33. The highest BCUT2D eigenvalue weighted by molar-refractivity contribution is 7.92. The van der Waals surface area contributed by atoms with Gasteiger partial charge in [0.2, 0.25) is 5.91 Å². The van der Waals surface area contributed by atoms with E-state index in [1.807, 2.05) is 75.4 Å². The van der Waals surface area contributed by atoms with Gasteiger partial charge in [-0.1, -0.05) is 88.2 Å². The van der Waals surface area contributed by atoms with Crippen LogP contribution in [0.5, 0.6) is 0 Å². The molecule has 0 saturated heterocycles. The van der Waals surface area contributed by atoms with Crippen LogP contribution in [0.25, 0.3) is 0 Å². The standard InChI is InChI=1S/C30H47N3O5S/c1-4-11-26(12-5-2)39(37,38)22-27(32-29(35)18-17-24-13-8-7-9-14-24)30(36)33(21-28(31)34)20-25-16-10-15-23(6-3)19-25/h7-10,13-16,19,26-28,30,34,36H,4-6,11-12,17-18,20-22,31H2,1-3H3,(H,32,35)/t27?,28-,30?/m1/s1. The number of carbonyl (C=O) groups excluding carboxylic acids is 1. The number of carbonyl (C=O) groups is 1. The lowest BCUT2D eigenvalue weighted by molar-refractivity contribution is -0.124. The van der Waals surface area contributed by atoms with Gasteiger partial charge < -0.3 is 21.3 Å². The number of hydrogen-bond acceptors (Lipinski definition) is 7. The topological polar surface area (TPSA) is 133 Å². The largest absolute Gasteiger partial charge is 0.377 e. The van der Waals surface area contributed by atoms with Gasteiger partial charge in [0.15, 0.2) is 9.84 Å². The van der Waals surface area contributed by atoms with Gasteiger partial charge in [0.25, 0.3) is 0 Å². The first-order valence-corrected chi connectivity index (χ1v) is 15.8. The molecule has 0 aliphatic heterocycles. The molecule has 0 spiro atoms. The number of benzene rings is 2. The van der Waals surface area contributed by atoms with Crippen molar-refractivity contribution in [3.05, 3.63) is 71.3 Å². The lowest BCUT2D eigenvalue weighted by Gasteiger charge is -2.35. The Balaban J connectivity index is 2.32. The summed E-state index contributed by atoms with van der Waals surface area (Å²) in [6.45, 7) is 6.08. The Morgan fingerprint density at radius 1 is 0.949 bits per heavy atom. The van der Waals surface area contributed by atoms with Gasteiger partial charge >= 0.3 is 0 Å². The average Bonchev–Trinajstić information content (AvgIpc) is 2.91. The highest BCUT2D eigenvalue weighted by Crippen LogP contribution is 2.20. The number of aliphatic hydroxyl groups excluding tert-OH is 2. The van der Waals surface area contributed by atoms with Gasteiger partial charge in [0, 0.05) is 19.5 Å². The minimum atomic E-state index is -3.64. The molecule has 2 aromatic rings. The zero-order chi connectivity index (χ0) is 28.8. The Morgan fingerprint density at radius 2 is 1.56 bits per heavy atom. The van der Waals surface area contributed by atoms with Gasteiger partial charge in [-0.3, -0.25) is 9.69 Å². The van der Waals surface area contributed by atoms with Crippen molar-refractivity contribution in [3.63, 3.8) is 0 Å². The second-order valence-electron chi connectivity index (χ2n) is 10.3. The van der Waals surface area contributed by atoms with Crippen LogP contribution in [0.1, 0.15) is 69.6 Å². The van der Waals surface area contributed by atoms with Crippen LogP contribution in [0.4, 0.5) is 0 Å². The number of nitrogens with two attached hydrogens (primary N) is 1. The smallest absolute Gasteiger partial charge is 0.220 e. The van der Waals surface area contributed by atoms with Gasteiger partial charge in [-0.15, -0.1) is 0 Å². The van der Waals surface area contributed by atoms with Crippen molar-refractivity contribution in [3.8, 4) is 0 Å². The molecule has 0 saturated carbocycles. The molecule has 0 heterocycles. The molecule has 2 aromatic carbocycles. The molecule has 0 fully saturated rings. The van der Waals surface area contributed by atoms with Crippen LogP contribution in [0.3, 0.4) is 0 Å². The maximum Gasteiger partial charge on any atom is 0.220 e. The Hall–Kier alpha value is -2.30. The van der Waals surface area contributed by atoms with Gasteiger partial charge in [0.05, 0.1) is 17.0 Å². The summed E-state index contributed by atoms with van der Waals surface area (Å²) in [5.41, 5.74) is 8.70. The lowest BCUT2D eigenvalue weighted by Crippen LogP contribution is -2.57. The summed E-state index contributed by atoms with van der Waals surface area (Å²) in [5, 5.41) is 23.8. The van der Waals surface area contributed by atoms with Crippen molar-refractivity contribution < 1.29 is 23.4 Å². The summed E-state index contributed by atoms with van der Waals surface area (Å²) in [6, 6.07) is 16.3. The predicted molar refractivity (Wildman–Crippen MR) is 157 cm³/mol. The Morgan fingerprint density at radius 3 is 2.15 bits per heavy atom. The molecule has 0 aliphatic rings. The van der Waals surface area contributed by atoms with Crippen molar-refractivity contribution in [2.45, 2.75) is 96.0 Å². The monoisotopic (exact) mass is 561 g/mol. The Bertz CT molecular complexity index is 1090. The van der Waals surface area contributed by atoms with E-state index in [-0.39, 0.29) is 25.4 Å². The molecule has 1 amide bonds. The number of aliphatic hydroxyl groups is 2. The van der Waals surface area contributed by atoms with E-state index >= 15 is 0 Å². The molecule has 0 radical (unpaired) electrons. The third-order valence-electron chi connectivity index (χ3n) is 6.91. The van der Waals surface area contributed by atoms with E-state index in [0.29, 0.717) is 19.3 Å². The van der Waals surface area contributed by atoms with Crippen molar-refractivity contribution >= 4 is 15.7 Å². The number of nitrogens with zero attached hydrogens (tertiary/aromatic N) is 1. The van der Waals surface area contributed by atoms with E-state index in [1.54, 1.807) is 0 Å². The Kier molecular flexibility index (Phi) is 14.1. The van der Waals surface area contributed by atoms with Crippen molar-refractivity contribution in [2.75, 3.05) is 12.3 Å². The highest BCUT2D eigenvalue weighted by atomic mass is 32.2. The molecule has 0 aromatic heterocycles. The van der Waals surface area contributed by atoms with Crippen LogP contribution in [0.2, 0.25) is 0 Å². The zero-order valence-electron chi connectivity index (χ0n) is 23.6. The van der Waals surface area contributed by atoms with E-state index < -0.39 is 39.3 Å². The second-order valence-corrected chi connectivity index (χ2v) is 12.6. The van der Waals surface area contributed by atoms with Crippen LogP contribution in [-0.4, -0.2) is 65.5 Å². The summed E-state index contributed by atoms with van der Waals surface area (Å²) in [7, 11) is -3.64. The number of sulfone groups is 1. The molecular weight excluding hydrogens is 514 g/mol. The quantitative estimate of drug-likeness (QED) is 0.206. The maximum atomic E-state index is 13.5. The zero-order valence-corrected chi connectivity index (χ0v) is 24.4. The number of rotatable bonds is 18. The van der Waals surface area contributed by atoms with Crippen molar-refractivity contribution in [1.82, 2.24) is 10.2 Å². The fourth-order valence-corrected chi connectivity index (χ4v) is 7.08. The third kappa shape index (κ3) is 11.4. The van der Waals surface area contributed by atoms with Crippen LogP contribution in [-0.2, 0) is 34.0 Å². The summed E-state index contributed by atoms with van der Waals surface area (Å²) < 4.78 is 27.0. The van der Waals surface area contributed by atoms with Crippen molar-refractivity contribution in [1.29, 1.82) is 0 Å². The molecular formula is C30H47N3O5S. The van der Waals surface area contributed by atoms with Crippen LogP contribution in [0.15, 0.2) is 54.6 Å². The molecule has 0 aliphatic carbocycles. The third-order valence-corrected chi connectivity index (χ3v) is 9.22. The Labute approximate surface area is 234 Å². The first kappa shape index (κ1) is 32.9. The first-order chi connectivity index (χ1) is 18.6. The van der Waals surface area contributed by atoms with Crippen LogP contribution in [0, 0.1) is 0 Å². The molecule has 2 unspecified atom stereocenters. The van der Waals surface area contributed by atoms with Gasteiger partial charge in [0.1, 0.15) is 12.5 Å². The summed E-state index contributed by atoms with van der Waals surface area (Å²) in [5.74, 6) is -0.746. The number of aryl methyl sites for hydroxylation is 2. The molecule has 0 bridgehead atoms. The van der Waals surface area contributed by atoms with E-state index in [0.717, 1.165) is 36.0 Å². The second kappa shape index (κ2) is 16.7. The minimum Gasteiger partial charge on any atom is -0.377 e. The highest BCUT2D eigenvalue weighted by Gasteiger charge is 2.35. The number of hydrogen-bond donors (Lipinski definition) is 4. The fraction of sp³-hybridized carbons (Fsp3) is 0.567. The molecule has 2 rings (SSSR count). The fourth-order valence-electron chi connectivity index (χ4n) is 4.86. The number of amides is 1. The van der Waals surface area contributed by atoms with Crippen LogP contribution < -0.4 is 11.1 Å². The average molecular weight is 562 g/mol.